The van der Waals surface area contributed by atoms with Gasteiger partial charge in [-0.2, -0.15) is 0 Å². The summed E-state index contributed by atoms with van der Waals surface area (Å²) < 4.78 is 27.2. The van der Waals surface area contributed by atoms with Crippen molar-refractivity contribution in [2.75, 3.05) is 17.6 Å². The molecule has 0 aliphatic carbocycles. The van der Waals surface area contributed by atoms with Crippen molar-refractivity contribution in [2.24, 2.45) is 0 Å². The third-order valence-electron chi connectivity index (χ3n) is 4.20. The average molecular weight is 427 g/mol. The van der Waals surface area contributed by atoms with E-state index in [0.717, 1.165) is 23.5 Å². The van der Waals surface area contributed by atoms with Gasteiger partial charge in [-0.05, 0) is 55.0 Å². The number of carbonyl (C=O) groups excluding carboxylic acids is 1. The molecule has 0 radical (unpaired) electrons. The molecule has 0 saturated heterocycles. The molecule has 150 valence electrons. The molecule has 29 heavy (non-hydrogen) atoms. The Kier molecular flexibility index (Phi) is 6.95. The second-order valence-corrected chi connectivity index (χ2v) is 9.22. The molecular formula is C22H22N2O3S2. The van der Waals surface area contributed by atoms with Crippen LogP contribution in [0.2, 0.25) is 0 Å². The largest absolute Gasteiger partial charge is 0.384 e. The zero-order chi connectivity index (χ0) is 20.7. The molecule has 0 bridgehead atoms. The normalized spacial score (nSPS) is 11.1. The maximum atomic E-state index is 12.5. The van der Waals surface area contributed by atoms with E-state index in [-0.39, 0.29) is 4.90 Å². The van der Waals surface area contributed by atoms with Crippen molar-refractivity contribution in [1.82, 2.24) is 4.72 Å². The van der Waals surface area contributed by atoms with Gasteiger partial charge in [0.1, 0.15) is 0 Å². The van der Waals surface area contributed by atoms with E-state index in [1.54, 1.807) is 54.2 Å². The third kappa shape index (κ3) is 5.85. The summed E-state index contributed by atoms with van der Waals surface area (Å²) in [6.45, 7) is 2.59. The van der Waals surface area contributed by atoms with Crippen molar-refractivity contribution >= 4 is 33.4 Å². The van der Waals surface area contributed by atoms with Gasteiger partial charge in [-0.1, -0.05) is 36.4 Å². The summed E-state index contributed by atoms with van der Waals surface area (Å²) in [5, 5.41) is 3.33. The molecule has 5 nitrogen and oxygen atoms in total. The molecular weight excluding hydrogens is 404 g/mol. The van der Waals surface area contributed by atoms with E-state index in [1.165, 1.54) is 11.0 Å². The van der Waals surface area contributed by atoms with Crippen LogP contribution in [0.25, 0.3) is 0 Å². The number of thioether (sulfide) groups is 1. The highest BCUT2D eigenvalue weighted by Crippen LogP contribution is 2.21. The van der Waals surface area contributed by atoms with Crippen LogP contribution in [-0.2, 0) is 10.0 Å². The van der Waals surface area contributed by atoms with Crippen LogP contribution in [0.1, 0.15) is 15.9 Å². The number of hydrogen-bond donors (Lipinski definition) is 2. The van der Waals surface area contributed by atoms with Crippen molar-refractivity contribution in [2.45, 2.75) is 16.7 Å². The first-order valence-corrected chi connectivity index (χ1v) is 11.6. The Morgan fingerprint density at radius 2 is 1.59 bits per heavy atom. The quantitative estimate of drug-likeness (QED) is 0.414. The van der Waals surface area contributed by atoms with Crippen molar-refractivity contribution in [3.63, 3.8) is 0 Å². The number of carbonyl (C=O) groups is 1. The van der Waals surface area contributed by atoms with Gasteiger partial charge in [-0.3, -0.25) is 4.79 Å². The highest BCUT2D eigenvalue weighted by atomic mass is 32.2. The summed E-state index contributed by atoms with van der Waals surface area (Å²) in [6, 6.07) is 23.2. The molecule has 3 aromatic rings. The maximum Gasteiger partial charge on any atom is 0.264 e. The molecule has 0 unspecified atom stereocenters. The molecule has 0 aliphatic heterocycles. The fraction of sp³-hybridized carbons (Fsp3) is 0.136. The number of sulfonamides is 1. The Labute approximate surface area is 175 Å². The lowest BCUT2D eigenvalue weighted by molar-refractivity contribution is 0.0981. The van der Waals surface area contributed by atoms with E-state index in [1.807, 2.05) is 25.1 Å². The van der Waals surface area contributed by atoms with Crippen LogP contribution >= 0.6 is 11.8 Å². The Balaban J connectivity index is 1.60. The zero-order valence-corrected chi connectivity index (χ0v) is 17.6. The van der Waals surface area contributed by atoms with Crippen molar-refractivity contribution in [1.29, 1.82) is 0 Å². The Bertz CT molecular complexity index is 1070. The number of amides is 1. The fourth-order valence-corrected chi connectivity index (χ4v) is 4.55. The number of aryl methyl sites for hydroxylation is 1. The average Bonchev–Trinajstić information content (AvgIpc) is 2.73. The minimum atomic E-state index is -3.94. The summed E-state index contributed by atoms with van der Waals surface area (Å²) in [6.07, 6.45) is 0. The van der Waals surface area contributed by atoms with Gasteiger partial charge in [0.2, 0.25) is 0 Å². The molecule has 0 spiro atoms. The van der Waals surface area contributed by atoms with E-state index in [4.69, 9.17) is 0 Å². The first-order chi connectivity index (χ1) is 14.0. The van der Waals surface area contributed by atoms with E-state index in [2.05, 4.69) is 22.2 Å². The lowest BCUT2D eigenvalue weighted by Crippen LogP contribution is -2.30. The van der Waals surface area contributed by atoms with E-state index in [0.29, 0.717) is 5.56 Å². The lowest BCUT2D eigenvalue weighted by atomic mass is 10.2. The molecule has 3 rings (SSSR count). The smallest absolute Gasteiger partial charge is 0.264 e. The van der Waals surface area contributed by atoms with E-state index < -0.39 is 15.9 Å². The van der Waals surface area contributed by atoms with Crippen LogP contribution in [0.4, 0.5) is 5.69 Å². The second-order valence-electron chi connectivity index (χ2n) is 6.37. The molecule has 0 heterocycles. The summed E-state index contributed by atoms with van der Waals surface area (Å²) in [5.74, 6) is 0.236. The predicted molar refractivity (Wildman–Crippen MR) is 118 cm³/mol. The van der Waals surface area contributed by atoms with Crippen LogP contribution in [0.5, 0.6) is 0 Å². The third-order valence-corrected chi connectivity index (χ3v) is 6.54. The molecule has 2 N–H and O–H groups in total. The predicted octanol–water partition coefficient (Wildman–Crippen LogP) is 4.32. The SMILES string of the molecule is Cc1cc(S(=O)(=O)NC(=O)c2ccccc2)ccc1NCCSc1ccccc1. The van der Waals surface area contributed by atoms with Gasteiger partial charge in [0, 0.05) is 28.4 Å². The van der Waals surface area contributed by atoms with Crippen LogP contribution in [0, 0.1) is 6.92 Å². The highest BCUT2D eigenvalue weighted by Gasteiger charge is 2.19. The summed E-state index contributed by atoms with van der Waals surface area (Å²) in [4.78, 5) is 13.4. The van der Waals surface area contributed by atoms with Gasteiger partial charge in [-0.15, -0.1) is 11.8 Å². The van der Waals surface area contributed by atoms with Gasteiger partial charge in [0.15, 0.2) is 0 Å². The number of anilines is 1. The molecule has 0 fully saturated rings. The molecule has 3 aromatic carbocycles. The summed E-state index contributed by atoms with van der Waals surface area (Å²) in [7, 11) is -3.94. The van der Waals surface area contributed by atoms with Crippen LogP contribution in [0.3, 0.4) is 0 Å². The van der Waals surface area contributed by atoms with E-state index in [9.17, 15) is 13.2 Å². The van der Waals surface area contributed by atoms with Gasteiger partial charge < -0.3 is 5.32 Å². The Morgan fingerprint density at radius 1 is 0.931 bits per heavy atom. The van der Waals surface area contributed by atoms with Gasteiger partial charge in [-0.25, -0.2) is 13.1 Å². The fourth-order valence-electron chi connectivity index (χ4n) is 2.70. The van der Waals surface area contributed by atoms with Gasteiger partial charge in [0.05, 0.1) is 4.90 Å². The highest BCUT2D eigenvalue weighted by molar-refractivity contribution is 7.99. The molecule has 0 atom stereocenters. The first kappa shape index (κ1) is 21.0. The van der Waals surface area contributed by atoms with Crippen molar-refractivity contribution < 1.29 is 13.2 Å². The standard InChI is InChI=1S/C22H22N2O3S2/c1-17-16-20(29(26,27)24-22(25)18-8-4-2-5-9-18)12-13-21(17)23-14-15-28-19-10-6-3-7-11-19/h2-13,16,23H,14-15H2,1H3,(H,24,25). The molecule has 0 saturated carbocycles. The minimum Gasteiger partial charge on any atom is -0.384 e. The van der Waals surface area contributed by atoms with Crippen LogP contribution in [0.15, 0.2) is 88.7 Å². The van der Waals surface area contributed by atoms with Gasteiger partial charge >= 0.3 is 0 Å². The molecule has 1 amide bonds. The van der Waals surface area contributed by atoms with Crippen molar-refractivity contribution in [3.8, 4) is 0 Å². The number of benzene rings is 3. The van der Waals surface area contributed by atoms with Crippen molar-refractivity contribution in [3.05, 3.63) is 90.0 Å². The lowest BCUT2D eigenvalue weighted by Gasteiger charge is -2.12. The van der Waals surface area contributed by atoms with Crippen LogP contribution < -0.4 is 10.0 Å². The second kappa shape index (κ2) is 9.62. The topological polar surface area (TPSA) is 75.3 Å². The number of hydrogen-bond acceptors (Lipinski definition) is 5. The number of nitrogens with one attached hydrogen (secondary N) is 2. The summed E-state index contributed by atoms with van der Waals surface area (Å²) >= 11 is 1.75. The maximum absolute atomic E-state index is 12.5. The van der Waals surface area contributed by atoms with E-state index >= 15 is 0 Å². The number of rotatable bonds is 8. The molecule has 0 aromatic heterocycles. The van der Waals surface area contributed by atoms with Crippen LogP contribution in [-0.4, -0.2) is 26.6 Å². The zero-order valence-electron chi connectivity index (χ0n) is 16.0. The minimum absolute atomic E-state index is 0.0588. The first-order valence-electron chi connectivity index (χ1n) is 9.10. The monoisotopic (exact) mass is 426 g/mol. The molecule has 7 heteroatoms. The Morgan fingerprint density at radius 3 is 2.24 bits per heavy atom. The summed E-state index contributed by atoms with van der Waals surface area (Å²) in [5.41, 5.74) is 1.96. The van der Waals surface area contributed by atoms with Gasteiger partial charge in [0.25, 0.3) is 15.9 Å². The molecule has 0 aliphatic rings. The Hall–Kier alpha value is -2.77.